The van der Waals surface area contributed by atoms with Gasteiger partial charge in [-0.3, -0.25) is 0 Å². The van der Waals surface area contributed by atoms with Crippen LogP contribution >= 0.6 is 25.3 Å². The summed E-state index contributed by atoms with van der Waals surface area (Å²) in [6, 6.07) is 5.95. The van der Waals surface area contributed by atoms with Gasteiger partial charge in [-0.15, -0.1) is 25.3 Å². The van der Waals surface area contributed by atoms with Crippen LogP contribution in [0.2, 0.25) is 0 Å². The molecule has 0 atom stereocenters. The van der Waals surface area contributed by atoms with E-state index >= 15 is 0 Å². The zero-order chi connectivity index (χ0) is 6.85. The van der Waals surface area contributed by atoms with E-state index in [2.05, 4.69) is 25.3 Å². The summed E-state index contributed by atoms with van der Waals surface area (Å²) in [5.74, 6) is 0. The van der Waals surface area contributed by atoms with Gasteiger partial charge in [0, 0.05) is 29.3 Å². The number of benzene rings is 1. The van der Waals surface area contributed by atoms with Crippen LogP contribution in [0.4, 0.5) is 0 Å². The summed E-state index contributed by atoms with van der Waals surface area (Å²) in [4.78, 5) is 1.88. The molecule has 0 radical (unpaired) electrons. The van der Waals surface area contributed by atoms with Crippen molar-refractivity contribution in [3.05, 3.63) is 23.8 Å². The Bertz CT molecular complexity index is 223. The number of aryl methyl sites for hydroxylation is 1. The first-order valence-corrected chi connectivity index (χ1v) is 3.58. The van der Waals surface area contributed by atoms with E-state index in [9.17, 15) is 0 Å². The number of rotatable bonds is 0. The fourth-order valence-corrected chi connectivity index (χ4v) is 1.05. The topological polar surface area (TPSA) is 0 Å². The van der Waals surface area contributed by atoms with Gasteiger partial charge in [0.25, 0.3) is 0 Å². The van der Waals surface area contributed by atoms with Gasteiger partial charge in [-0.2, -0.15) is 0 Å². The molecule has 0 aliphatic carbocycles. The van der Waals surface area contributed by atoms with Crippen LogP contribution in [0.3, 0.4) is 0 Å². The molecule has 0 amide bonds. The van der Waals surface area contributed by atoms with Crippen molar-refractivity contribution in [2.75, 3.05) is 0 Å². The molecule has 1 aromatic carbocycles. The molecule has 0 aliphatic heterocycles. The molecule has 0 saturated carbocycles. The minimum Gasteiger partial charge on any atom is -0.142 e. The maximum Gasteiger partial charge on any atom is 0.0176 e. The maximum absolute atomic E-state index is 4.19. The van der Waals surface area contributed by atoms with Crippen LogP contribution in [-0.4, -0.2) is 0 Å². The molecule has 10 heavy (non-hydrogen) atoms. The average Bonchev–Trinajstić information content (AvgIpc) is 1.80. The van der Waals surface area contributed by atoms with E-state index in [4.69, 9.17) is 0 Å². The number of hydrogen-bond donors (Lipinski definition) is 2. The van der Waals surface area contributed by atoms with Crippen molar-refractivity contribution in [1.29, 1.82) is 0 Å². The molecule has 0 unspecified atom stereocenters. The summed E-state index contributed by atoms with van der Waals surface area (Å²) in [6.45, 7) is 2.03. The first-order valence-electron chi connectivity index (χ1n) is 2.69. The van der Waals surface area contributed by atoms with E-state index in [0.29, 0.717) is 0 Å². The van der Waals surface area contributed by atoms with Gasteiger partial charge < -0.3 is 0 Å². The molecule has 0 nitrogen and oxygen atoms in total. The fourth-order valence-electron chi connectivity index (χ4n) is 0.633. The first-order chi connectivity index (χ1) is 4.20. The van der Waals surface area contributed by atoms with Crippen LogP contribution in [0, 0.1) is 6.92 Å². The number of thiol groups is 2. The Labute approximate surface area is 85.0 Å². The standard InChI is InChI=1S/C7H8S2.Zn/c1-5-2-3-6(8)7(9)4-5;/h2-4,8-9H,1H3;. The molecular formula is C7H8S2Zn. The first kappa shape index (κ1) is 10.5. The smallest absolute Gasteiger partial charge is 0.0176 e. The van der Waals surface area contributed by atoms with Gasteiger partial charge in [0.15, 0.2) is 0 Å². The van der Waals surface area contributed by atoms with Crippen molar-refractivity contribution in [2.24, 2.45) is 0 Å². The Morgan fingerprint density at radius 1 is 1.10 bits per heavy atom. The Morgan fingerprint density at radius 3 is 2.10 bits per heavy atom. The number of hydrogen-bond acceptors (Lipinski definition) is 2. The average molecular weight is 222 g/mol. The third kappa shape index (κ3) is 2.65. The quantitative estimate of drug-likeness (QED) is 0.488. The molecule has 0 bridgehead atoms. The second-order valence-electron chi connectivity index (χ2n) is 1.99. The summed E-state index contributed by atoms with van der Waals surface area (Å²) >= 11 is 8.36. The molecule has 0 aromatic heterocycles. The zero-order valence-electron chi connectivity index (χ0n) is 5.83. The van der Waals surface area contributed by atoms with Crippen molar-refractivity contribution >= 4 is 25.3 Å². The largest absolute Gasteiger partial charge is 0.142 e. The van der Waals surface area contributed by atoms with Gasteiger partial charge in [-0.25, -0.2) is 0 Å². The second kappa shape index (κ2) is 4.43. The Kier molecular flexibility index (Phi) is 4.67. The molecule has 0 saturated heterocycles. The van der Waals surface area contributed by atoms with E-state index in [-0.39, 0.29) is 19.5 Å². The summed E-state index contributed by atoms with van der Waals surface area (Å²) in [7, 11) is 0. The predicted molar refractivity (Wildman–Crippen MR) is 45.7 cm³/mol. The van der Waals surface area contributed by atoms with Gasteiger partial charge in [0.1, 0.15) is 0 Å². The van der Waals surface area contributed by atoms with Crippen molar-refractivity contribution in [3.8, 4) is 0 Å². The molecule has 0 fully saturated rings. The summed E-state index contributed by atoms with van der Waals surface area (Å²) in [5.41, 5.74) is 1.22. The summed E-state index contributed by atoms with van der Waals surface area (Å²) in [6.07, 6.45) is 0. The molecule has 50 valence electrons. The zero-order valence-corrected chi connectivity index (χ0v) is 10.6. The van der Waals surface area contributed by atoms with Gasteiger partial charge in [0.2, 0.25) is 0 Å². The Balaban J connectivity index is 0.000000810. The van der Waals surface area contributed by atoms with Crippen LogP contribution in [0.1, 0.15) is 5.56 Å². The van der Waals surface area contributed by atoms with Crippen molar-refractivity contribution in [3.63, 3.8) is 0 Å². The second-order valence-corrected chi connectivity index (χ2v) is 2.96. The van der Waals surface area contributed by atoms with E-state index < -0.39 is 0 Å². The Hall–Kier alpha value is 0.543. The van der Waals surface area contributed by atoms with Crippen LogP contribution in [-0.2, 0) is 19.5 Å². The van der Waals surface area contributed by atoms with E-state index in [0.717, 1.165) is 9.79 Å². The molecular weight excluding hydrogens is 214 g/mol. The predicted octanol–water partition coefficient (Wildman–Crippen LogP) is 2.57. The van der Waals surface area contributed by atoms with Crippen LogP contribution < -0.4 is 0 Å². The molecule has 3 heteroatoms. The maximum atomic E-state index is 4.19. The van der Waals surface area contributed by atoms with Gasteiger partial charge in [-0.1, -0.05) is 6.07 Å². The summed E-state index contributed by atoms with van der Waals surface area (Å²) < 4.78 is 0. The van der Waals surface area contributed by atoms with Crippen molar-refractivity contribution < 1.29 is 19.5 Å². The van der Waals surface area contributed by atoms with E-state index in [1.54, 1.807) is 0 Å². The van der Waals surface area contributed by atoms with Gasteiger partial charge >= 0.3 is 0 Å². The van der Waals surface area contributed by atoms with Crippen LogP contribution in [0.15, 0.2) is 28.0 Å². The molecule has 0 aliphatic rings. The molecule has 1 rings (SSSR count). The SMILES string of the molecule is Cc1ccc(S)c(S)c1.[Zn]. The van der Waals surface area contributed by atoms with Gasteiger partial charge in [-0.05, 0) is 24.6 Å². The Morgan fingerprint density at radius 2 is 1.70 bits per heavy atom. The third-order valence-corrected chi connectivity index (χ3v) is 2.07. The van der Waals surface area contributed by atoms with Crippen molar-refractivity contribution in [2.45, 2.75) is 16.7 Å². The van der Waals surface area contributed by atoms with Crippen LogP contribution in [0.25, 0.3) is 0 Å². The minimum atomic E-state index is 0. The molecule has 0 spiro atoms. The molecule has 1 aromatic rings. The van der Waals surface area contributed by atoms with Crippen molar-refractivity contribution in [1.82, 2.24) is 0 Å². The normalized spacial score (nSPS) is 8.70. The minimum absolute atomic E-state index is 0. The van der Waals surface area contributed by atoms with E-state index in [1.165, 1.54) is 5.56 Å². The van der Waals surface area contributed by atoms with Crippen LogP contribution in [0.5, 0.6) is 0 Å². The monoisotopic (exact) mass is 220 g/mol. The molecule has 0 heterocycles. The van der Waals surface area contributed by atoms with E-state index in [1.807, 2.05) is 25.1 Å². The molecule has 0 N–H and O–H groups in total. The fraction of sp³-hybridized carbons (Fsp3) is 0.143. The third-order valence-electron chi connectivity index (χ3n) is 1.13. The summed E-state index contributed by atoms with van der Waals surface area (Å²) in [5, 5.41) is 0. The van der Waals surface area contributed by atoms with Gasteiger partial charge in [0.05, 0.1) is 0 Å².